The van der Waals surface area contributed by atoms with E-state index in [-0.39, 0.29) is 24.9 Å². The van der Waals surface area contributed by atoms with Gasteiger partial charge in [0.1, 0.15) is 19.3 Å². The Morgan fingerprint density at radius 1 is 0.552 bits per heavy atom. The van der Waals surface area contributed by atoms with Crippen LogP contribution in [0.3, 0.4) is 0 Å². The predicted octanol–water partition coefficient (Wildman–Crippen LogP) is 15.5. The van der Waals surface area contributed by atoms with E-state index in [1.165, 1.54) is 89.9 Å². The number of phosphoric ester groups is 1. The van der Waals surface area contributed by atoms with Crippen LogP contribution in [0.4, 0.5) is 0 Å². The molecule has 9 nitrogen and oxygen atoms in total. The average molecular weight is 959 g/mol. The van der Waals surface area contributed by atoms with Crippen molar-refractivity contribution in [3.63, 3.8) is 0 Å². The van der Waals surface area contributed by atoms with E-state index < -0.39 is 26.6 Å². The summed E-state index contributed by atoms with van der Waals surface area (Å²) in [7, 11) is 1.16. The molecule has 0 radical (unpaired) electrons. The Balaban J connectivity index is 5.39. The molecule has 1 N–H and O–H groups in total. The van der Waals surface area contributed by atoms with E-state index in [9.17, 15) is 19.0 Å². The number of amides is 1. The SMILES string of the molecule is CC/C=C/C=C/C=C\CCCCCCCC(=O)OC(/C=C\CCCCCCCCCCC)C(COP(=O)([O-])OCC[N+](C)(C)C)NC(=O)CCCCCCCCC/C=C\C/C=C\CCCCC. The second-order valence-electron chi connectivity index (χ2n) is 19.4. The highest BCUT2D eigenvalue weighted by atomic mass is 31.2. The molecule has 0 aliphatic heterocycles. The summed E-state index contributed by atoms with van der Waals surface area (Å²) >= 11 is 0. The van der Waals surface area contributed by atoms with Gasteiger partial charge in [-0.2, -0.15) is 0 Å². The fourth-order valence-corrected chi connectivity index (χ4v) is 8.16. The molecule has 388 valence electrons. The molecular weight excluding hydrogens is 856 g/mol. The van der Waals surface area contributed by atoms with Gasteiger partial charge in [-0.25, -0.2) is 0 Å². The standard InChI is InChI=1S/C57H103N2O7P/c1-7-10-13-16-19-22-25-27-28-29-30-32-34-37-40-43-46-49-56(60)58-54(53-65-67(62,63)64-52-51-59(4,5)6)55(48-45-42-39-36-33-24-21-18-15-12-9-3)66-57(61)50-47-44-41-38-35-31-26-23-20-17-14-11-8-2/h11,14,17,19-20,22-23,26-28,45,48,54-55H,7-10,12-13,15-16,18,21,24-25,29-44,46-47,49-53H2,1-6H3,(H-,58,60,62,63)/b14-11+,20-17+,22-19-,26-23-,28-27-,48-45-. The minimum absolute atomic E-state index is 0.0302. The number of nitrogens with one attached hydrogen (secondary N) is 1. The quantitative estimate of drug-likeness (QED) is 0.0161. The number of ether oxygens (including phenoxy) is 1. The number of unbranched alkanes of at least 4 members (excludes halogenated alkanes) is 24. The first kappa shape index (κ1) is 64.5. The molecular formula is C57H103N2O7P. The van der Waals surface area contributed by atoms with Crippen LogP contribution >= 0.6 is 7.82 Å². The van der Waals surface area contributed by atoms with Crippen LogP contribution in [0.1, 0.15) is 226 Å². The number of carbonyl (C=O) groups excluding carboxylic acids is 2. The van der Waals surface area contributed by atoms with Gasteiger partial charge < -0.3 is 28.5 Å². The number of esters is 1. The van der Waals surface area contributed by atoms with Crippen molar-refractivity contribution in [1.82, 2.24) is 5.32 Å². The highest BCUT2D eigenvalue weighted by Gasteiger charge is 2.27. The third-order valence-corrected chi connectivity index (χ3v) is 12.6. The minimum Gasteiger partial charge on any atom is -0.756 e. The second-order valence-corrected chi connectivity index (χ2v) is 20.8. The summed E-state index contributed by atoms with van der Waals surface area (Å²) in [4.78, 5) is 39.7. The van der Waals surface area contributed by atoms with E-state index in [0.29, 0.717) is 23.9 Å². The van der Waals surface area contributed by atoms with Gasteiger partial charge in [-0.1, -0.05) is 203 Å². The zero-order valence-corrected chi connectivity index (χ0v) is 45.0. The van der Waals surface area contributed by atoms with Crippen LogP contribution in [0.15, 0.2) is 72.9 Å². The van der Waals surface area contributed by atoms with Crippen LogP contribution in [0.2, 0.25) is 0 Å². The Kier molecular flexibility index (Phi) is 45.3. The molecule has 0 aliphatic carbocycles. The molecule has 0 heterocycles. The zero-order valence-electron chi connectivity index (χ0n) is 44.1. The van der Waals surface area contributed by atoms with E-state index in [1.807, 2.05) is 39.4 Å². The Bertz CT molecular complexity index is 1380. The Hall–Kier alpha value is -2.55. The van der Waals surface area contributed by atoms with Crippen LogP contribution in [0.25, 0.3) is 0 Å². The molecule has 0 bridgehead atoms. The van der Waals surface area contributed by atoms with Crippen molar-refractivity contribution >= 4 is 19.7 Å². The summed E-state index contributed by atoms with van der Waals surface area (Å²) in [5.41, 5.74) is 0. The average Bonchev–Trinajstić information content (AvgIpc) is 3.28. The van der Waals surface area contributed by atoms with Crippen LogP contribution in [-0.2, 0) is 27.9 Å². The number of carbonyl (C=O) groups is 2. The number of hydrogen-bond donors (Lipinski definition) is 1. The third-order valence-electron chi connectivity index (χ3n) is 11.7. The molecule has 0 rings (SSSR count). The maximum atomic E-state index is 13.4. The maximum absolute atomic E-state index is 13.4. The molecule has 0 spiro atoms. The topological polar surface area (TPSA) is 114 Å². The van der Waals surface area contributed by atoms with Crippen molar-refractivity contribution in [2.45, 2.75) is 238 Å². The number of allylic oxidation sites excluding steroid dienone is 11. The van der Waals surface area contributed by atoms with Gasteiger partial charge in [0.2, 0.25) is 5.91 Å². The lowest BCUT2D eigenvalue weighted by molar-refractivity contribution is -0.870. The van der Waals surface area contributed by atoms with E-state index >= 15 is 0 Å². The first-order chi connectivity index (χ1) is 32.4. The van der Waals surface area contributed by atoms with Gasteiger partial charge in [-0.15, -0.1) is 0 Å². The second kappa shape index (κ2) is 47.1. The first-order valence-electron chi connectivity index (χ1n) is 27.3. The van der Waals surface area contributed by atoms with Crippen molar-refractivity contribution in [3.05, 3.63) is 72.9 Å². The van der Waals surface area contributed by atoms with Crippen LogP contribution in [0.5, 0.6) is 0 Å². The van der Waals surface area contributed by atoms with E-state index in [2.05, 4.69) is 80.8 Å². The lowest BCUT2D eigenvalue weighted by atomic mass is 10.1. The summed E-state index contributed by atoms with van der Waals surface area (Å²) in [6.45, 7) is 6.64. The van der Waals surface area contributed by atoms with Gasteiger partial charge in [0.25, 0.3) is 7.82 Å². The highest BCUT2D eigenvalue weighted by molar-refractivity contribution is 7.45. The van der Waals surface area contributed by atoms with Crippen LogP contribution in [-0.4, -0.2) is 69.4 Å². The lowest BCUT2D eigenvalue weighted by Gasteiger charge is -2.30. The molecule has 10 heteroatoms. The smallest absolute Gasteiger partial charge is 0.306 e. The van der Waals surface area contributed by atoms with Gasteiger partial charge in [0, 0.05) is 12.8 Å². The lowest BCUT2D eigenvalue weighted by Crippen LogP contribution is -2.47. The summed E-state index contributed by atoms with van der Waals surface area (Å²) < 4.78 is 30.1. The number of rotatable bonds is 48. The van der Waals surface area contributed by atoms with Crippen LogP contribution < -0.4 is 10.2 Å². The van der Waals surface area contributed by atoms with Gasteiger partial charge in [0.05, 0.1) is 33.8 Å². The molecule has 0 fully saturated rings. The third kappa shape index (κ3) is 48.3. The molecule has 0 aromatic carbocycles. The van der Waals surface area contributed by atoms with E-state index in [1.54, 1.807) is 0 Å². The van der Waals surface area contributed by atoms with Gasteiger partial charge in [0.15, 0.2) is 0 Å². The molecule has 1 amide bonds. The van der Waals surface area contributed by atoms with Crippen molar-refractivity contribution in [1.29, 1.82) is 0 Å². The largest absolute Gasteiger partial charge is 0.756 e. The summed E-state index contributed by atoms with van der Waals surface area (Å²) in [5.74, 6) is -0.579. The number of phosphoric acid groups is 1. The van der Waals surface area contributed by atoms with E-state index in [4.69, 9.17) is 13.8 Å². The summed E-state index contributed by atoms with van der Waals surface area (Å²) in [6, 6.07) is -0.901. The van der Waals surface area contributed by atoms with Gasteiger partial charge in [-0.3, -0.25) is 14.2 Å². The zero-order chi connectivity index (χ0) is 49.4. The molecule has 0 aliphatic rings. The van der Waals surface area contributed by atoms with E-state index in [0.717, 1.165) is 96.3 Å². The minimum atomic E-state index is -4.70. The first-order valence-corrected chi connectivity index (χ1v) is 28.7. The highest BCUT2D eigenvalue weighted by Crippen LogP contribution is 2.38. The predicted molar refractivity (Wildman–Crippen MR) is 284 cm³/mol. The Morgan fingerprint density at radius 3 is 1.57 bits per heavy atom. The van der Waals surface area contributed by atoms with Crippen molar-refractivity contribution < 1.29 is 37.3 Å². The van der Waals surface area contributed by atoms with Crippen molar-refractivity contribution in [2.24, 2.45) is 0 Å². The molecule has 0 aromatic heterocycles. The Morgan fingerprint density at radius 2 is 1.01 bits per heavy atom. The molecule has 0 saturated heterocycles. The van der Waals surface area contributed by atoms with Gasteiger partial charge in [-0.05, 0) is 83.1 Å². The maximum Gasteiger partial charge on any atom is 0.306 e. The summed E-state index contributed by atoms with van der Waals surface area (Å²) in [6.07, 6.45) is 58.6. The summed E-state index contributed by atoms with van der Waals surface area (Å²) in [5, 5.41) is 3.00. The molecule has 3 unspecified atom stereocenters. The van der Waals surface area contributed by atoms with Gasteiger partial charge >= 0.3 is 5.97 Å². The number of hydrogen-bond acceptors (Lipinski definition) is 7. The van der Waals surface area contributed by atoms with Crippen LogP contribution in [0, 0.1) is 0 Å². The number of nitrogens with zero attached hydrogens (tertiary/aromatic N) is 1. The molecule has 67 heavy (non-hydrogen) atoms. The normalized spacial score (nSPS) is 14.4. The molecule has 0 aromatic rings. The monoisotopic (exact) mass is 959 g/mol. The van der Waals surface area contributed by atoms with Crippen molar-refractivity contribution in [2.75, 3.05) is 40.9 Å². The fourth-order valence-electron chi connectivity index (χ4n) is 7.43. The van der Waals surface area contributed by atoms with Crippen molar-refractivity contribution in [3.8, 4) is 0 Å². The number of quaternary nitrogens is 1. The molecule has 3 atom stereocenters. The Labute approximate surface area is 413 Å². The fraction of sp³-hybridized carbons (Fsp3) is 0.754. The molecule has 0 saturated carbocycles. The number of likely N-dealkylation sites (N-methyl/N-ethyl adjacent to an activating group) is 1.